The van der Waals surface area contributed by atoms with Crippen LogP contribution in [0.2, 0.25) is 10.0 Å². The molecule has 4 heteroatoms. The van der Waals surface area contributed by atoms with E-state index < -0.39 is 6.10 Å². The molecule has 0 aliphatic rings. The van der Waals surface area contributed by atoms with E-state index in [2.05, 4.69) is 5.32 Å². The summed E-state index contributed by atoms with van der Waals surface area (Å²) < 4.78 is 0. The maximum atomic E-state index is 9.78. The molecule has 0 aliphatic carbocycles. The molecule has 1 aromatic rings. The predicted octanol–water partition coefficient (Wildman–Crippen LogP) is 2.64. The quantitative estimate of drug-likeness (QED) is 0.839. The molecule has 0 saturated heterocycles. The zero-order valence-corrected chi connectivity index (χ0v) is 9.44. The van der Waals surface area contributed by atoms with Crippen LogP contribution in [0, 0.1) is 0 Å². The molecule has 0 saturated carbocycles. The van der Waals surface area contributed by atoms with Crippen LogP contribution in [-0.2, 0) is 0 Å². The first-order chi connectivity index (χ1) is 6.66. The summed E-state index contributed by atoms with van der Waals surface area (Å²) >= 11 is 11.9. The van der Waals surface area contributed by atoms with Gasteiger partial charge in [-0.1, -0.05) is 36.2 Å². The zero-order chi connectivity index (χ0) is 10.6. The predicted molar refractivity (Wildman–Crippen MR) is 60.0 cm³/mol. The van der Waals surface area contributed by atoms with Gasteiger partial charge in [-0.2, -0.15) is 0 Å². The van der Waals surface area contributed by atoms with Crippen LogP contribution in [0.3, 0.4) is 0 Å². The average Bonchev–Trinajstić information content (AvgIpc) is 2.14. The van der Waals surface area contributed by atoms with Crippen molar-refractivity contribution in [3.8, 4) is 0 Å². The fourth-order valence-corrected chi connectivity index (χ4v) is 1.86. The molecular formula is C10H13Cl2NO. The summed E-state index contributed by atoms with van der Waals surface area (Å²) in [7, 11) is 0. The van der Waals surface area contributed by atoms with Crippen LogP contribution >= 0.6 is 23.2 Å². The van der Waals surface area contributed by atoms with Gasteiger partial charge in [-0.05, 0) is 18.7 Å². The van der Waals surface area contributed by atoms with E-state index in [1.165, 1.54) is 0 Å². The first kappa shape index (κ1) is 11.8. The lowest BCUT2D eigenvalue weighted by atomic mass is 10.1. The van der Waals surface area contributed by atoms with E-state index in [9.17, 15) is 5.11 Å². The first-order valence-electron chi connectivity index (χ1n) is 4.49. The van der Waals surface area contributed by atoms with Gasteiger partial charge in [-0.25, -0.2) is 0 Å². The van der Waals surface area contributed by atoms with Gasteiger partial charge in [0.15, 0.2) is 0 Å². The number of likely N-dealkylation sites (N-methyl/N-ethyl adjacent to an activating group) is 1. The fraction of sp³-hybridized carbons (Fsp3) is 0.400. The molecule has 0 bridgehead atoms. The van der Waals surface area contributed by atoms with Crippen molar-refractivity contribution in [2.24, 2.45) is 0 Å². The summed E-state index contributed by atoms with van der Waals surface area (Å²) in [5.41, 5.74) is 0.594. The van der Waals surface area contributed by atoms with E-state index in [0.29, 0.717) is 22.2 Å². The van der Waals surface area contributed by atoms with Crippen molar-refractivity contribution < 1.29 is 5.11 Å². The zero-order valence-electron chi connectivity index (χ0n) is 7.93. The molecule has 2 N–H and O–H groups in total. The average molecular weight is 234 g/mol. The highest BCUT2D eigenvalue weighted by Gasteiger charge is 2.14. The van der Waals surface area contributed by atoms with Crippen LogP contribution in [0.4, 0.5) is 0 Å². The number of aliphatic hydroxyl groups is 1. The molecule has 0 aromatic heterocycles. The summed E-state index contributed by atoms with van der Waals surface area (Å²) in [6.07, 6.45) is -0.656. The van der Waals surface area contributed by atoms with Gasteiger partial charge in [0.2, 0.25) is 0 Å². The van der Waals surface area contributed by atoms with Crippen LogP contribution in [-0.4, -0.2) is 18.2 Å². The lowest BCUT2D eigenvalue weighted by Gasteiger charge is -2.14. The Balaban J connectivity index is 2.82. The second-order valence-electron chi connectivity index (χ2n) is 2.96. The molecule has 2 nitrogen and oxygen atoms in total. The molecule has 78 valence electrons. The minimum absolute atomic E-state index is 0.458. The molecule has 0 amide bonds. The Bertz CT molecular complexity index is 284. The smallest absolute Gasteiger partial charge is 0.0943 e. The maximum absolute atomic E-state index is 9.78. The minimum atomic E-state index is -0.656. The Kier molecular flexibility index (Phi) is 4.69. The Morgan fingerprint density at radius 3 is 2.43 bits per heavy atom. The highest BCUT2D eigenvalue weighted by Crippen LogP contribution is 2.29. The van der Waals surface area contributed by atoms with Gasteiger partial charge >= 0.3 is 0 Å². The number of halogens is 2. The standard InChI is InChI=1S/C10H13Cl2NO/c1-2-13-6-9(14)10-7(11)4-3-5-8(10)12/h3-5,9,13-14H,2,6H2,1H3. The van der Waals surface area contributed by atoms with E-state index in [1.807, 2.05) is 6.92 Å². The van der Waals surface area contributed by atoms with Crippen LogP contribution in [0.15, 0.2) is 18.2 Å². The second-order valence-corrected chi connectivity index (χ2v) is 3.77. The topological polar surface area (TPSA) is 32.3 Å². The molecular weight excluding hydrogens is 221 g/mol. The van der Waals surface area contributed by atoms with Gasteiger partial charge in [0.1, 0.15) is 0 Å². The van der Waals surface area contributed by atoms with Gasteiger partial charge in [0.05, 0.1) is 6.10 Å². The van der Waals surface area contributed by atoms with E-state index in [1.54, 1.807) is 18.2 Å². The van der Waals surface area contributed by atoms with Crippen molar-refractivity contribution in [3.63, 3.8) is 0 Å². The van der Waals surface area contributed by atoms with E-state index in [0.717, 1.165) is 6.54 Å². The molecule has 1 rings (SSSR count). The summed E-state index contributed by atoms with van der Waals surface area (Å²) in [6.45, 7) is 3.24. The molecule has 1 atom stereocenters. The molecule has 0 heterocycles. The van der Waals surface area contributed by atoms with Crippen LogP contribution in [0.25, 0.3) is 0 Å². The molecule has 1 aromatic carbocycles. The van der Waals surface area contributed by atoms with Gasteiger partial charge < -0.3 is 10.4 Å². The van der Waals surface area contributed by atoms with Crippen molar-refractivity contribution in [3.05, 3.63) is 33.8 Å². The Morgan fingerprint density at radius 2 is 1.93 bits per heavy atom. The number of nitrogens with one attached hydrogen (secondary N) is 1. The normalized spacial score (nSPS) is 12.9. The first-order valence-corrected chi connectivity index (χ1v) is 5.25. The number of hydrogen-bond acceptors (Lipinski definition) is 2. The van der Waals surface area contributed by atoms with Gasteiger partial charge in [-0.15, -0.1) is 0 Å². The molecule has 0 spiro atoms. The summed E-state index contributed by atoms with van der Waals surface area (Å²) in [4.78, 5) is 0. The summed E-state index contributed by atoms with van der Waals surface area (Å²) in [6, 6.07) is 5.20. The van der Waals surface area contributed by atoms with E-state index in [4.69, 9.17) is 23.2 Å². The molecule has 0 fully saturated rings. The maximum Gasteiger partial charge on any atom is 0.0943 e. The van der Waals surface area contributed by atoms with Crippen molar-refractivity contribution in [2.45, 2.75) is 13.0 Å². The van der Waals surface area contributed by atoms with Crippen molar-refractivity contribution in [2.75, 3.05) is 13.1 Å². The number of rotatable bonds is 4. The number of aliphatic hydroxyl groups excluding tert-OH is 1. The van der Waals surface area contributed by atoms with Crippen LogP contribution in [0.1, 0.15) is 18.6 Å². The largest absolute Gasteiger partial charge is 0.387 e. The lowest BCUT2D eigenvalue weighted by Crippen LogP contribution is -2.21. The summed E-state index contributed by atoms with van der Waals surface area (Å²) in [5, 5.41) is 13.8. The highest BCUT2D eigenvalue weighted by atomic mass is 35.5. The van der Waals surface area contributed by atoms with Gasteiger partial charge in [0, 0.05) is 22.2 Å². The summed E-state index contributed by atoms with van der Waals surface area (Å²) in [5.74, 6) is 0. The lowest BCUT2D eigenvalue weighted by molar-refractivity contribution is 0.176. The van der Waals surface area contributed by atoms with Crippen LogP contribution in [0.5, 0.6) is 0 Å². The van der Waals surface area contributed by atoms with Gasteiger partial charge in [-0.3, -0.25) is 0 Å². The minimum Gasteiger partial charge on any atom is -0.387 e. The molecule has 0 aliphatic heterocycles. The monoisotopic (exact) mass is 233 g/mol. The highest BCUT2D eigenvalue weighted by molar-refractivity contribution is 6.36. The van der Waals surface area contributed by atoms with E-state index in [-0.39, 0.29) is 0 Å². The Hall–Kier alpha value is -0.280. The van der Waals surface area contributed by atoms with Crippen molar-refractivity contribution in [1.29, 1.82) is 0 Å². The SMILES string of the molecule is CCNCC(O)c1c(Cl)cccc1Cl. The Morgan fingerprint density at radius 1 is 1.36 bits per heavy atom. The Labute approximate surface area is 93.8 Å². The third-order valence-electron chi connectivity index (χ3n) is 1.92. The molecule has 1 unspecified atom stereocenters. The number of benzene rings is 1. The van der Waals surface area contributed by atoms with Crippen molar-refractivity contribution >= 4 is 23.2 Å². The van der Waals surface area contributed by atoms with Gasteiger partial charge in [0.25, 0.3) is 0 Å². The van der Waals surface area contributed by atoms with E-state index >= 15 is 0 Å². The molecule has 14 heavy (non-hydrogen) atoms. The third kappa shape index (κ3) is 2.85. The van der Waals surface area contributed by atoms with Crippen LogP contribution < -0.4 is 5.32 Å². The van der Waals surface area contributed by atoms with Crippen molar-refractivity contribution in [1.82, 2.24) is 5.32 Å². The second kappa shape index (κ2) is 5.56. The fourth-order valence-electron chi connectivity index (χ4n) is 1.21. The third-order valence-corrected chi connectivity index (χ3v) is 2.58. The molecule has 0 radical (unpaired) electrons. The number of hydrogen-bond donors (Lipinski definition) is 2.